The van der Waals surface area contributed by atoms with Gasteiger partial charge < -0.3 is 5.32 Å². The summed E-state index contributed by atoms with van der Waals surface area (Å²) in [4.78, 5) is 2.42. The smallest absolute Gasteiger partial charge is 0.0278 e. The van der Waals surface area contributed by atoms with Crippen molar-refractivity contribution in [2.24, 2.45) is 0 Å². The van der Waals surface area contributed by atoms with E-state index in [2.05, 4.69) is 64.0 Å². The molecule has 0 aromatic heterocycles. The standard InChI is InChI=1S/C16H28N2/c1-12-8-13(2)15(14(3)9-12)10-18(7)16(4,5)11-17-6/h8-9,17H,10-11H2,1-7H3. The number of rotatable bonds is 5. The molecule has 0 atom stereocenters. The Morgan fingerprint density at radius 3 is 2.06 bits per heavy atom. The lowest BCUT2D eigenvalue weighted by molar-refractivity contribution is 0.147. The summed E-state index contributed by atoms with van der Waals surface area (Å²) in [6.07, 6.45) is 0. The Labute approximate surface area is 112 Å². The first kappa shape index (κ1) is 15.2. The maximum absolute atomic E-state index is 3.27. The minimum atomic E-state index is 0.165. The molecule has 102 valence electrons. The number of benzene rings is 1. The molecule has 0 saturated carbocycles. The molecule has 0 amide bonds. The number of hydrogen-bond donors (Lipinski definition) is 1. The van der Waals surface area contributed by atoms with Gasteiger partial charge in [0, 0.05) is 18.6 Å². The van der Waals surface area contributed by atoms with Crippen molar-refractivity contribution in [2.45, 2.75) is 46.7 Å². The van der Waals surface area contributed by atoms with Crippen LogP contribution in [0.2, 0.25) is 0 Å². The van der Waals surface area contributed by atoms with E-state index in [4.69, 9.17) is 0 Å². The van der Waals surface area contributed by atoms with Gasteiger partial charge in [-0.3, -0.25) is 4.90 Å². The summed E-state index contributed by atoms with van der Waals surface area (Å²) in [5.74, 6) is 0. The molecule has 0 radical (unpaired) electrons. The second-order valence-electron chi connectivity index (χ2n) is 6.08. The van der Waals surface area contributed by atoms with Crippen molar-refractivity contribution in [3.63, 3.8) is 0 Å². The second kappa shape index (κ2) is 5.85. The molecular formula is C16H28N2. The third-order valence-electron chi connectivity index (χ3n) is 3.88. The summed E-state index contributed by atoms with van der Waals surface area (Å²) in [5.41, 5.74) is 5.79. The van der Waals surface area contributed by atoms with Gasteiger partial charge in [0.05, 0.1) is 0 Å². The molecule has 0 aliphatic carbocycles. The van der Waals surface area contributed by atoms with Crippen LogP contribution in [0.4, 0.5) is 0 Å². The van der Waals surface area contributed by atoms with E-state index < -0.39 is 0 Å². The fourth-order valence-electron chi connectivity index (χ4n) is 2.48. The minimum absolute atomic E-state index is 0.165. The van der Waals surface area contributed by atoms with Gasteiger partial charge in [-0.2, -0.15) is 0 Å². The van der Waals surface area contributed by atoms with Crippen molar-refractivity contribution >= 4 is 0 Å². The lowest BCUT2D eigenvalue weighted by atomic mass is 9.97. The molecule has 0 unspecified atom stereocenters. The van der Waals surface area contributed by atoms with Crippen LogP contribution in [0.15, 0.2) is 12.1 Å². The van der Waals surface area contributed by atoms with E-state index in [1.807, 2.05) is 7.05 Å². The number of hydrogen-bond acceptors (Lipinski definition) is 2. The summed E-state index contributed by atoms with van der Waals surface area (Å²) in [7, 11) is 4.22. The molecule has 0 spiro atoms. The average Bonchev–Trinajstić information content (AvgIpc) is 2.22. The highest BCUT2D eigenvalue weighted by Crippen LogP contribution is 2.21. The SMILES string of the molecule is CNCC(C)(C)N(C)Cc1c(C)cc(C)cc1C. The quantitative estimate of drug-likeness (QED) is 0.861. The van der Waals surface area contributed by atoms with Gasteiger partial charge in [0.15, 0.2) is 0 Å². The van der Waals surface area contributed by atoms with Gasteiger partial charge in [0.25, 0.3) is 0 Å². The van der Waals surface area contributed by atoms with Crippen molar-refractivity contribution in [2.75, 3.05) is 20.6 Å². The predicted molar refractivity (Wildman–Crippen MR) is 80.1 cm³/mol. The number of nitrogens with one attached hydrogen (secondary N) is 1. The molecule has 0 aliphatic rings. The summed E-state index contributed by atoms with van der Waals surface area (Å²) >= 11 is 0. The highest BCUT2D eigenvalue weighted by atomic mass is 15.2. The fraction of sp³-hybridized carbons (Fsp3) is 0.625. The Bertz CT molecular complexity index is 385. The first-order valence-corrected chi connectivity index (χ1v) is 6.70. The third kappa shape index (κ3) is 3.56. The molecule has 0 saturated heterocycles. The zero-order chi connectivity index (χ0) is 13.9. The molecule has 2 heteroatoms. The Kier molecular flexibility index (Phi) is 4.94. The van der Waals surface area contributed by atoms with Gasteiger partial charge in [-0.1, -0.05) is 17.7 Å². The lowest BCUT2D eigenvalue weighted by Crippen LogP contribution is -2.47. The highest BCUT2D eigenvalue weighted by Gasteiger charge is 2.23. The molecular weight excluding hydrogens is 220 g/mol. The Hall–Kier alpha value is -0.860. The molecule has 1 aromatic rings. The van der Waals surface area contributed by atoms with E-state index in [-0.39, 0.29) is 5.54 Å². The van der Waals surface area contributed by atoms with Gasteiger partial charge in [-0.05, 0) is 65.4 Å². The van der Waals surface area contributed by atoms with Crippen molar-refractivity contribution in [1.82, 2.24) is 10.2 Å². The number of likely N-dealkylation sites (N-methyl/N-ethyl adjacent to an activating group) is 2. The monoisotopic (exact) mass is 248 g/mol. The summed E-state index contributed by atoms with van der Waals surface area (Å²) < 4.78 is 0. The minimum Gasteiger partial charge on any atom is -0.318 e. The second-order valence-corrected chi connectivity index (χ2v) is 6.08. The van der Waals surface area contributed by atoms with Crippen LogP contribution < -0.4 is 5.32 Å². The molecule has 2 nitrogen and oxygen atoms in total. The molecule has 0 fully saturated rings. The van der Waals surface area contributed by atoms with Gasteiger partial charge in [-0.25, -0.2) is 0 Å². The van der Waals surface area contributed by atoms with E-state index in [0.29, 0.717) is 0 Å². The molecule has 0 aliphatic heterocycles. The number of aryl methyl sites for hydroxylation is 3. The van der Waals surface area contributed by atoms with Crippen LogP contribution in [0.5, 0.6) is 0 Å². The summed E-state index contributed by atoms with van der Waals surface area (Å²) in [6, 6.07) is 4.56. The van der Waals surface area contributed by atoms with Gasteiger partial charge in [0.2, 0.25) is 0 Å². The number of nitrogens with zero attached hydrogens (tertiary/aromatic N) is 1. The summed E-state index contributed by atoms with van der Waals surface area (Å²) in [6.45, 7) is 13.2. The van der Waals surface area contributed by atoms with Crippen molar-refractivity contribution < 1.29 is 0 Å². The molecule has 1 N–H and O–H groups in total. The van der Waals surface area contributed by atoms with Gasteiger partial charge in [-0.15, -0.1) is 0 Å². The fourth-order valence-corrected chi connectivity index (χ4v) is 2.48. The van der Waals surface area contributed by atoms with Crippen LogP contribution in [0.1, 0.15) is 36.1 Å². The first-order valence-electron chi connectivity index (χ1n) is 6.70. The van der Waals surface area contributed by atoms with Crippen molar-refractivity contribution in [3.05, 3.63) is 34.4 Å². The van der Waals surface area contributed by atoms with Gasteiger partial charge >= 0.3 is 0 Å². The Morgan fingerprint density at radius 1 is 1.11 bits per heavy atom. The Balaban J connectivity index is 2.91. The lowest BCUT2D eigenvalue weighted by Gasteiger charge is -2.36. The van der Waals surface area contributed by atoms with Crippen molar-refractivity contribution in [1.29, 1.82) is 0 Å². The van der Waals surface area contributed by atoms with Crippen molar-refractivity contribution in [3.8, 4) is 0 Å². The van der Waals surface area contributed by atoms with E-state index in [0.717, 1.165) is 13.1 Å². The van der Waals surface area contributed by atoms with Gasteiger partial charge in [0.1, 0.15) is 0 Å². The predicted octanol–water partition coefficient (Wildman–Crippen LogP) is 3.04. The van der Waals surface area contributed by atoms with Crippen LogP contribution in [0.3, 0.4) is 0 Å². The van der Waals surface area contributed by atoms with E-state index in [1.165, 1.54) is 22.3 Å². The zero-order valence-corrected chi connectivity index (χ0v) is 13.0. The maximum atomic E-state index is 3.27. The van der Waals surface area contributed by atoms with E-state index in [9.17, 15) is 0 Å². The first-order chi connectivity index (χ1) is 8.27. The third-order valence-corrected chi connectivity index (χ3v) is 3.88. The maximum Gasteiger partial charge on any atom is 0.0278 e. The van der Waals surface area contributed by atoms with Crippen LogP contribution in [-0.2, 0) is 6.54 Å². The Morgan fingerprint density at radius 2 is 1.61 bits per heavy atom. The molecule has 1 aromatic carbocycles. The molecule has 0 heterocycles. The topological polar surface area (TPSA) is 15.3 Å². The van der Waals surface area contributed by atoms with Crippen LogP contribution in [0.25, 0.3) is 0 Å². The van der Waals surface area contributed by atoms with Crippen LogP contribution in [-0.4, -0.2) is 31.1 Å². The molecule has 0 bridgehead atoms. The summed E-state index contributed by atoms with van der Waals surface area (Å²) in [5, 5.41) is 3.27. The van der Waals surface area contributed by atoms with E-state index in [1.54, 1.807) is 0 Å². The van der Waals surface area contributed by atoms with E-state index >= 15 is 0 Å². The largest absolute Gasteiger partial charge is 0.318 e. The highest BCUT2D eigenvalue weighted by molar-refractivity contribution is 5.37. The normalized spacial score (nSPS) is 12.2. The molecule has 18 heavy (non-hydrogen) atoms. The van der Waals surface area contributed by atoms with Crippen LogP contribution >= 0.6 is 0 Å². The van der Waals surface area contributed by atoms with Crippen LogP contribution in [0, 0.1) is 20.8 Å². The average molecular weight is 248 g/mol. The molecule has 1 rings (SSSR count). The zero-order valence-electron chi connectivity index (χ0n) is 13.0.